The van der Waals surface area contributed by atoms with Crippen molar-refractivity contribution < 1.29 is 14.8 Å². The van der Waals surface area contributed by atoms with E-state index >= 15 is 0 Å². The van der Waals surface area contributed by atoms with Crippen molar-refractivity contribution in [2.24, 2.45) is 0 Å². The molecular weight excluding hydrogens is 380 g/mol. The number of carbonyl (C=O) groups is 2. The third kappa shape index (κ3) is 4.26. The van der Waals surface area contributed by atoms with E-state index in [0.717, 1.165) is 19.3 Å². The molecule has 1 saturated heterocycles. The summed E-state index contributed by atoms with van der Waals surface area (Å²) in [5, 5.41) is 14.3. The van der Waals surface area contributed by atoms with Gasteiger partial charge in [-0.1, -0.05) is 56.2 Å². The highest BCUT2D eigenvalue weighted by Crippen LogP contribution is 2.38. The number of hydrogen-bond donors (Lipinski definition) is 2. The van der Waals surface area contributed by atoms with Crippen molar-refractivity contribution in [2.45, 2.75) is 51.7 Å². The average Bonchev–Trinajstić information content (AvgIpc) is 2.94. The van der Waals surface area contributed by atoms with E-state index in [1.165, 1.54) is 4.90 Å². The summed E-state index contributed by atoms with van der Waals surface area (Å²) in [6.45, 7) is 6.43. The third-order valence-corrected chi connectivity index (χ3v) is 5.49. The van der Waals surface area contributed by atoms with Crippen molar-refractivity contribution in [1.82, 2.24) is 9.96 Å². The average molecular weight is 411 g/mol. The quantitative estimate of drug-likeness (QED) is 0.377. The highest BCUT2D eigenvalue weighted by molar-refractivity contribution is 5.98. The molecule has 2 aromatic rings. The molecule has 1 aliphatic rings. The second-order valence-electron chi connectivity index (χ2n) is 8.01. The van der Waals surface area contributed by atoms with Crippen LogP contribution >= 0.6 is 0 Å². The molecule has 7 heteroatoms. The number of hydroxylamine groups is 2. The van der Waals surface area contributed by atoms with Gasteiger partial charge >= 0.3 is 12.1 Å². The number of urea groups is 2. The molecule has 0 aromatic heterocycles. The molecule has 3 rings (SSSR count). The van der Waals surface area contributed by atoms with Crippen LogP contribution in [0.2, 0.25) is 0 Å². The lowest BCUT2D eigenvalue weighted by molar-refractivity contribution is -0.0949. The molecule has 1 aliphatic heterocycles. The Morgan fingerprint density at radius 1 is 1.07 bits per heavy atom. The Hall–Kier alpha value is -3.06. The first-order chi connectivity index (χ1) is 14.4. The second kappa shape index (κ2) is 9.17. The highest BCUT2D eigenvalue weighted by atomic mass is 16.5. The highest BCUT2D eigenvalue weighted by Gasteiger charge is 2.55. The molecule has 1 fully saturated rings. The zero-order valence-corrected chi connectivity index (χ0v) is 17.8. The molecule has 2 aromatic carbocycles. The lowest BCUT2D eigenvalue weighted by Crippen LogP contribution is -2.58. The summed E-state index contributed by atoms with van der Waals surface area (Å²) < 4.78 is 0. The number of benzene rings is 2. The smallest absolute Gasteiger partial charge is 0.315 e. The number of nitrogens with one attached hydrogen (secondary N) is 1. The summed E-state index contributed by atoms with van der Waals surface area (Å²) in [6.07, 6.45) is 2.02. The van der Waals surface area contributed by atoms with Crippen LogP contribution < -0.4 is 10.2 Å². The van der Waals surface area contributed by atoms with Crippen LogP contribution in [0, 0.1) is 0 Å². The van der Waals surface area contributed by atoms with E-state index in [-0.39, 0.29) is 6.03 Å². The first-order valence-corrected chi connectivity index (χ1v) is 10.4. The maximum atomic E-state index is 13.4. The Morgan fingerprint density at radius 2 is 1.67 bits per heavy atom. The molecule has 0 saturated carbocycles. The minimum atomic E-state index is -0.891. The van der Waals surface area contributed by atoms with Crippen molar-refractivity contribution in [3.63, 3.8) is 0 Å². The van der Waals surface area contributed by atoms with Crippen LogP contribution in [-0.2, 0) is 0 Å². The third-order valence-electron chi connectivity index (χ3n) is 5.49. The van der Waals surface area contributed by atoms with E-state index in [9.17, 15) is 14.8 Å². The van der Waals surface area contributed by atoms with Gasteiger partial charge in [-0.15, -0.1) is 0 Å². The number of carbonyl (C=O) groups excluding carboxylic acids is 2. The Morgan fingerprint density at radius 3 is 2.27 bits per heavy atom. The number of unbranched alkanes of at least 4 members (excludes halogenated alkanes) is 2. The standard InChI is InChI=1S/C23H30N4O3/c1-4-5-12-17-25-22(29)26(19-15-10-7-11-16-19)20(23(25,2)3)27(30)21(28)24-18-13-8-6-9-14-18/h6-11,13-16,20,30H,4-5,12,17H2,1-3H3,(H,24,28)/t20-/m0/s1. The first kappa shape index (κ1) is 21.6. The lowest BCUT2D eigenvalue weighted by atomic mass is 9.99. The van der Waals surface area contributed by atoms with Crippen LogP contribution in [0.5, 0.6) is 0 Å². The molecule has 1 atom stereocenters. The van der Waals surface area contributed by atoms with Gasteiger partial charge in [0.2, 0.25) is 0 Å². The minimum Gasteiger partial charge on any atom is -0.315 e. The van der Waals surface area contributed by atoms with Crippen molar-refractivity contribution in [1.29, 1.82) is 0 Å². The molecule has 0 aliphatic carbocycles. The van der Waals surface area contributed by atoms with Gasteiger partial charge in [-0.05, 0) is 44.5 Å². The Kier molecular flexibility index (Phi) is 6.62. The Bertz CT molecular complexity index is 857. The summed E-state index contributed by atoms with van der Waals surface area (Å²) in [7, 11) is 0. The van der Waals surface area contributed by atoms with Crippen LogP contribution in [-0.4, -0.2) is 45.5 Å². The molecule has 0 radical (unpaired) electrons. The van der Waals surface area contributed by atoms with E-state index < -0.39 is 17.7 Å². The topological polar surface area (TPSA) is 76.1 Å². The number of anilines is 2. The monoisotopic (exact) mass is 410 g/mol. The molecule has 30 heavy (non-hydrogen) atoms. The van der Waals surface area contributed by atoms with Crippen molar-refractivity contribution in [3.05, 3.63) is 60.7 Å². The van der Waals surface area contributed by atoms with Crippen LogP contribution in [0.4, 0.5) is 21.0 Å². The van der Waals surface area contributed by atoms with E-state index in [2.05, 4.69) is 12.2 Å². The summed E-state index contributed by atoms with van der Waals surface area (Å²) in [5.74, 6) is 0. The van der Waals surface area contributed by atoms with Crippen LogP contribution in [0.25, 0.3) is 0 Å². The molecule has 0 unspecified atom stereocenters. The van der Waals surface area contributed by atoms with Gasteiger partial charge in [0, 0.05) is 17.9 Å². The largest absolute Gasteiger partial charge is 0.347 e. The molecule has 160 valence electrons. The molecule has 0 bridgehead atoms. The Balaban J connectivity index is 1.92. The number of rotatable bonds is 7. The Labute approximate surface area is 177 Å². The molecule has 4 amide bonds. The van der Waals surface area contributed by atoms with Crippen molar-refractivity contribution >= 4 is 23.4 Å². The van der Waals surface area contributed by atoms with Gasteiger partial charge in [-0.25, -0.2) is 9.59 Å². The summed E-state index contributed by atoms with van der Waals surface area (Å²) in [4.78, 5) is 29.5. The van der Waals surface area contributed by atoms with Gasteiger partial charge in [0.25, 0.3) is 0 Å². The van der Waals surface area contributed by atoms with Gasteiger partial charge in [-0.3, -0.25) is 10.1 Å². The van der Waals surface area contributed by atoms with Crippen LogP contribution in [0.1, 0.15) is 40.0 Å². The minimum absolute atomic E-state index is 0.223. The number of amides is 4. The van der Waals surface area contributed by atoms with Crippen molar-refractivity contribution in [3.8, 4) is 0 Å². The number of para-hydroxylation sites is 2. The number of nitrogens with zero attached hydrogens (tertiary/aromatic N) is 3. The second-order valence-corrected chi connectivity index (χ2v) is 8.01. The van der Waals surface area contributed by atoms with Gasteiger partial charge < -0.3 is 10.2 Å². The molecule has 7 nitrogen and oxygen atoms in total. The normalized spacial score (nSPS) is 17.9. The van der Waals surface area contributed by atoms with E-state index in [1.807, 2.05) is 38.1 Å². The van der Waals surface area contributed by atoms with Crippen LogP contribution in [0.3, 0.4) is 0 Å². The molecule has 2 N–H and O–H groups in total. The summed E-state index contributed by atoms with van der Waals surface area (Å²) >= 11 is 0. The summed E-state index contributed by atoms with van der Waals surface area (Å²) in [6, 6.07) is 17.1. The zero-order chi connectivity index (χ0) is 21.7. The van der Waals surface area contributed by atoms with Crippen molar-refractivity contribution in [2.75, 3.05) is 16.8 Å². The lowest BCUT2D eigenvalue weighted by Gasteiger charge is -2.38. The fourth-order valence-electron chi connectivity index (χ4n) is 3.90. The fourth-order valence-corrected chi connectivity index (χ4v) is 3.90. The zero-order valence-electron chi connectivity index (χ0n) is 17.8. The predicted octanol–water partition coefficient (Wildman–Crippen LogP) is 5.15. The fraction of sp³-hybridized carbons (Fsp3) is 0.391. The van der Waals surface area contributed by atoms with Gasteiger partial charge in [0.1, 0.15) is 0 Å². The molecular formula is C23H30N4O3. The van der Waals surface area contributed by atoms with E-state index in [1.54, 1.807) is 41.3 Å². The molecule has 1 heterocycles. The first-order valence-electron chi connectivity index (χ1n) is 10.4. The predicted molar refractivity (Wildman–Crippen MR) is 118 cm³/mol. The summed E-state index contributed by atoms with van der Waals surface area (Å²) in [5.41, 5.74) is 0.392. The van der Waals surface area contributed by atoms with Gasteiger partial charge in [0.05, 0.1) is 5.54 Å². The number of hydrogen-bond acceptors (Lipinski definition) is 3. The maximum Gasteiger partial charge on any atom is 0.347 e. The van der Waals surface area contributed by atoms with E-state index in [0.29, 0.717) is 23.0 Å². The maximum absolute atomic E-state index is 13.4. The SMILES string of the molecule is CCCCCN1C(=O)N(c2ccccc2)[C@@H](N(O)C(=O)Nc2ccccc2)C1(C)C. The van der Waals surface area contributed by atoms with Crippen LogP contribution in [0.15, 0.2) is 60.7 Å². The van der Waals surface area contributed by atoms with Gasteiger partial charge in [0.15, 0.2) is 6.17 Å². The van der Waals surface area contributed by atoms with Gasteiger partial charge in [-0.2, -0.15) is 5.06 Å². The van der Waals surface area contributed by atoms with E-state index in [4.69, 9.17) is 0 Å². The molecule has 0 spiro atoms.